The standard InChI is InChI=1S/C9H14N2O5S2/c1-5-16-7-6(2)8(17(3,12)13)11-9(10-7)18(4,14)15/h5H2,1-4H3. The molecular weight excluding hydrogens is 280 g/mol. The van der Waals surface area contributed by atoms with Gasteiger partial charge in [0.25, 0.3) is 5.16 Å². The summed E-state index contributed by atoms with van der Waals surface area (Å²) in [6.07, 6.45) is 1.85. The van der Waals surface area contributed by atoms with Gasteiger partial charge in [-0.05, 0) is 13.8 Å². The van der Waals surface area contributed by atoms with E-state index in [1.807, 2.05) is 0 Å². The minimum absolute atomic E-state index is 0.0339. The van der Waals surface area contributed by atoms with Gasteiger partial charge in [0.1, 0.15) is 0 Å². The van der Waals surface area contributed by atoms with E-state index in [2.05, 4.69) is 9.97 Å². The summed E-state index contributed by atoms with van der Waals surface area (Å²) >= 11 is 0. The predicted molar refractivity (Wildman–Crippen MR) is 64.2 cm³/mol. The molecule has 0 aliphatic rings. The van der Waals surface area contributed by atoms with Crippen LogP contribution in [-0.4, -0.2) is 45.9 Å². The molecule has 0 fully saturated rings. The highest BCUT2D eigenvalue weighted by Gasteiger charge is 2.23. The maximum Gasteiger partial charge on any atom is 0.251 e. The van der Waals surface area contributed by atoms with E-state index in [1.54, 1.807) is 6.92 Å². The third-order valence-corrected chi connectivity index (χ3v) is 3.95. The van der Waals surface area contributed by atoms with Gasteiger partial charge in [-0.2, -0.15) is 4.98 Å². The SMILES string of the molecule is CCOc1nc(S(C)(=O)=O)nc(S(C)(=O)=O)c1C. The van der Waals surface area contributed by atoms with E-state index in [-0.39, 0.29) is 23.1 Å². The van der Waals surface area contributed by atoms with Crippen molar-refractivity contribution in [1.82, 2.24) is 9.97 Å². The molecule has 1 aromatic rings. The van der Waals surface area contributed by atoms with Crippen molar-refractivity contribution in [1.29, 1.82) is 0 Å². The Morgan fingerprint density at radius 1 is 1.06 bits per heavy atom. The van der Waals surface area contributed by atoms with Crippen LogP contribution in [0.15, 0.2) is 10.2 Å². The number of hydrogen-bond acceptors (Lipinski definition) is 7. The molecule has 7 nitrogen and oxygen atoms in total. The average molecular weight is 294 g/mol. The maximum absolute atomic E-state index is 11.5. The zero-order valence-electron chi connectivity index (χ0n) is 10.5. The van der Waals surface area contributed by atoms with Crippen LogP contribution in [0.5, 0.6) is 5.88 Å². The van der Waals surface area contributed by atoms with Crippen molar-refractivity contribution in [3.63, 3.8) is 0 Å². The fraction of sp³-hybridized carbons (Fsp3) is 0.556. The van der Waals surface area contributed by atoms with E-state index in [0.717, 1.165) is 12.5 Å². The third kappa shape index (κ3) is 3.16. The number of nitrogens with zero attached hydrogens (tertiary/aromatic N) is 2. The van der Waals surface area contributed by atoms with Crippen molar-refractivity contribution >= 4 is 19.7 Å². The van der Waals surface area contributed by atoms with E-state index < -0.39 is 24.8 Å². The lowest BCUT2D eigenvalue weighted by molar-refractivity contribution is 0.317. The molecule has 0 radical (unpaired) electrons. The Morgan fingerprint density at radius 2 is 1.61 bits per heavy atom. The van der Waals surface area contributed by atoms with Crippen LogP contribution < -0.4 is 4.74 Å². The van der Waals surface area contributed by atoms with Gasteiger partial charge in [-0.3, -0.25) is 0 Å². The molecule has 1 aromatic heterocycles. The van der Waals surface area contributed by atoms with Gasteiger partial charge in [0.15, 0.2) is 14.9 Å². The predicted octanol–water partition coefficient (Wildman–Crippen LogP) is -0.00928. The van der Waals surface area contributed by atoms with Crippen molar-refractivity contribution in [2.24, 2.45) is 0 Å². The largest absolute Gasteiger partial charge is 0.478 e. The Labute approximate surface area is 106 Å². The molecular formula is C9H14N2O5S2. The van der Waals surface area contributed by atoms with Crippen LogP contribution in [0.25, 0.3) is 0 Å². The first-order valence-electron chi connectivity index (χ1n) is 4.99. The Kier molecular flexibility index (Phi) is 3.96. The van der Waals surface area contributed by atoms with Crippen LogP contribution >= 0.6 is 0 Å². The lowest BCUT2D eigenvalue weighted by atomic mass is 10.4. The summed E-state index contributed by atoms with van der Waals surface area (Å²) in [6.45, 7) is 3.39. The molecule has 18 heavy (non-hydrogen) atoms. The molecule has 0 saturated carbocycles. The Morgan fingerprint density at radius 3 is 2.00 bits per heavy atom. The van der Waals surface area contributed by atoms with Crippen LogP contribution in [0, 0.1) is 6.92 Å². The lowest BCUT2D eigenvalue weighted by Crippen LogP contribution is -2.13. The van der Waals surface area contributed by atoms with Gasteiger partial charge in [-0.25, -0.2) is 21.8 Å². The topological polar surface area (TPSA) is 103 Å². The van der Waals surface area contributed by atoms with E-state index in [9.17, 15) is 16.8 Å². The number of rotatable bonds is 4. The van der Waals surface area contributed by atoms with E-state index >= 15 is 0 Å². The van der Waals surface area contributed by atoms with Gasteiger partial charge in [-0.15, -0.1) is 0 Å². The molecule has 1 rings (SSSR count). The molecule has 0 spiro atoms. The van der Waals surface area contributed by atoms with Crippen LogP contribution in [0.1, 0.15) is 12.5 Å². The van der Waals surface area contributed by atoms with E-state index in [0.29, 0.717) is 0 Å². The molecule has 102 valence electrons. The zero-order valence-corrected chi connectivity index (χ0v) is 12.1. The fourth-order valence-electron chi connectivity index (χ4n) is 1.26. The second-order valence-electron chi connectivity index (χ2n) is 3.72. The van der Waals surface area contributed by atoms with Crippen LogP contribution in [-0.2, 0) is 19.7 Å². The highest BCUT2D eigenvalue weighted by atomic mass is 32.2. The maximum atomic E-state index is 11.5. The lowest BCUT2D eigenvalue weighted by Gasteiger charge is -2.10. The van der Waals surface area contributed by atoms with Crippen LogP contribution in [0.3, 0.4) is 0 Å². The monoisotopic (exact) mass is 294 g/mol. The van der Waals surface area contributed by atoms with E-state index in [4.69, 9.17) is 4.74 Å². The molecule has 1 heterocycles. The smallest absolute Gasteiger partial charge is 0.251 e. The fourth-order valence-corrected chi connectivity index (χ4v) is 2.72. The van der Waals surface area contributed by atoms with Crippen molar-refractivity contribution in [2.75, 3.05) is 19.1 Å². The van der Waals surface area contributed by atoms with Crippen LogP contribution in [0.2, 0.25) is 0 Å². The molecule has 0 aliphatic heterocycles. The summed E-state index contributed by atoms with van der Waals surface area (Å²) in [5.41, 5.74) is 0.201. The number of aromatic nitrogens is 2. The summed E-state index contributed by atoms with van der Waals surface area (Å²) in [7, 11) is -7.36. The normalized spacial score (nSPS) is 12.4. The Balaban J connectivity index is 3.68. The second kappa shape index (κ2) is 4.81. The second-order valence-corrected chi connectivity index (χ2v) is 7.56. The first kappa shape index (κ1) is 14.8. The van der Waals surface area contributed by atoms with Crippen molar-refractivity contribution in [3.05, 3.63) is 5.56 Å². The van der Waals surface area contributed by atoms with Gasteiger partial charge in [0.05, 0.1) is 6.61 Å². The number of ether oxygens (including phenoxy) is 1. The Hall–Kier alpha value is -1.22. The number of hydrogen-bond donors (Lipinski definition) is 0. The summed E-state index contributed by atoms with van der Waals surface area (Å²) in [5.74, 6) is -0.0339. The highest BCUT2D eigenvalue weighted by Crippen LogP contribution is 2.23. The highest BCUT2D eigenvalue weighted by molar-refractivity contribution is 7.91. The molecule has 0 saturated heterocycles. The van der Waals surface area contributed by atoms with Gasteiger partial charge in [0.2, 0.25) is 15.7 Å². The zero-order chi connectivity index (χ0) is 14.1. The quantitative estimate of drug-likeness (QED) is 0.568. The summed E-state index contributed by atoms with van der Waals surface area (Å²) in [4.78, 5) is 7.31. The molecule has 0 unspecified atom stereocenters. The first-order chi connectivity index (χ1) is 8.07. The molecule has 0 N–H and O–H groups in total. The van der Waals surface area contributed by atoms with Gasteiger partial charge in [-0.1, -0.05) is 0 Å². The third-order valence-electron chi connectivity index (χ3n) is 2.00. The molecule has 0 aliphatic carbocycles. The minimum atomic E-state index is -3.71. The summed E-state index contributed by atoms with van der Waals surface area (Å²) in [6, 6.07) is 0. The minimum Gasteiger partial charge on any atom is -0.478 e. The van der Waals surface area contributed by atoms with Gasteiger partial charge in [0, 0.05) is 18.1 Å². The van der Waals surface area contributed by atoms with Crippen molar-refractivity contribution in [2.45, 2.75) is 24.0 Å². The summed E-state index contributed by atoms with van der Waals surface area (Å²) < 4.78 is 51.0. The Bertz CT molecular complexity index is 664. The first-order valence-corrected chi connectivity index (χ1v) is 8.77. The molecule has 0 bridgehead atoms. The molecule has 0 amide bonds. The molecule has 0 aromatic carbocycles. The molecule has 0 atom stereocenters. The average Bonchev–Trinajstić information content (AvgIpc) is 2.17. The van der Waals surface area contributed by atoms with Gasteiger partial charge < -0.3 is 4.74 Å². The van der Waals surface area contributed by atoms with Crippen molar-refractivity contribution < 1.29 is 21.6 Å². The molecule has 9 heteroatoms. The number of sulfone groups is 2. The van der Waals surface area contributed by atoms with E-state index in [1.165, 1.54) is 6.92 Å². The van der Waals surface area contributed by atoms with Crippen molar-refractivity contribution in [3.8, 4) is 5.88 Å². The van der Waals surface area contributed by atoms with Crippen LogP contribution in [0.4, 0.5) is 0 Å². The van der Waals surface area contributed by atoms with Gasteiger partial charge >= 0.3 is 0 Å². The summed E-state index contributed by atoms with van der Waals surface area (Å²) in [5, 5.41) is -0.890.